The number of nitrogens with one attached hydrogen (secondary N) is 1. The number of carbonyl (C=O) groups is 1. The molecule has 34 heavy (non-hydrogen) atoms. The topological polar surface area (TPSA) is 208 Å². The summed E-state index contributed by atoms with van der Waals surface area (Å²) in [4.78, 5) is 12.4. The van der Waals surface area contributed by atoms with E-state index >= 15 is 0 Å². The molecule has 0 saturated carbocycles. The van der Waals surface area contributed by atoms with Gasteiger partial charge >= 0.3 is 5.97 Å². The average molecular weight is 514 g/mol. The van der Waals surface area contributed by atoms with E-state index < -0.39 is 96.3 Å². The molecule has 3 saturated heterocycles. The van der Waals surface area contributed by atoms with E-state index in [1.807, 2.05) is 27.7 Å². The van der Waals surface area contributed by atoms with Crippen molar-refractivity contribution >= 4 is 17.7 Å². The fraction of sp³-hybridized carbons (Fsp3) is 0.950. The van der Waals surface area contributed by atoms with E-state index in [1.165, 1.54) is 11.8 Å². The van der Waals surface area contributed by atoms with Crippen molar-refractivity contribution in [3.63, 3.8) is 0 Å². The van der Waals surface area contributed by atoms with Crippen LogP contribution in [-0.4, -0.2) is 132 Å². The molecular weight excluding hydrogens is 478 g/mol. The zero-order valence-corrected chi connectivity index (χ0v) is 20.2. The highest BCUT2D eigenvalue weighted by atomic mass is 32.2. The second kappa shape index (κ2) is 10.4. The van der Waals surface area contributed by atoms with Crippen molar-refractivity contribution in [3.05, 3.63) is 0 Å². The predicted octanol–water partition coefficient (Wildman–Crippen LogP) is -3.63. The maximum absolute atomic E-state index is 12.8. The normalized spacial score (nSPS) is 46.3. The van der Waals surface area contributed by atoms with Gasteiger partial charge in [0.05, 0.1) is 18.1 Å². The first kappa shape index (κ1) is 28.0. The molecule has 13 nitrogen and oxygen atoms in total. The van der Waals surface area contributed by atoms with Crippen LogP contribution < -0.4 is 5.32 Å². The Morgan fingerprint density at radius 1 is 0.853 bits per heavy atom. The van der Waals surface area contributed by atoms with Gasteiger partial charge in [0.25, 0.3) is 0 Å². The van der Waals surface area contributed by atoms with Crippen LogP contribution in [0.5, 0.6) is 0 Å². The van der Waals surface area contributed by atoms with Gasteiger partial charge in [0.2, 0.25) is 6.29 Å². The Morgan fingerprint density at radius 3 is 1.94 bits per heavy atom. The Kier molecular flexibility index (Phi) is 8.55. The molecule has 0 aromatic rings. The van der Waals surface area contributed by atoms with Gasteiger partial charge in [-0.1, -0.05) is 0 Å². The van der Waals surface area contributed by atoms with E-state index in [0.717, 1.165) is 0 Å². The number of rotatable bonds is 6. The monoisotopic (exact) mass is 513 g/mol. The molecular formula is C20H35NO12S. The molecule has 0 amide bonds. The summed E-state index contributed by atoms with van der Waals surface area (Å²) in [7, 11) is 0. The summed E-state index contributed by atoms with van der Waals surface area (Å²) in [6.07, 6.45) is -16.0. The Balaban J connectivity index is 1.69. The molecule has 3 aliphatic rings. The highest BCUT2D eigenvalue weighted by molar-refractivity contribution is 8.02. The zero-order chi connectivity index (χ0) is 25.6. The summed E-state index contributed by atoms with van der Waals surface area (Å²) in [5.74, 6) is -0.718. The molecule has 14 heteroatoms. The van der Waals surface area contributed by atoms with Crippen LogP contribution in [0.4, 0.5) is 0 Å². The number of hydrogen-bond acceptors (Lipinski definition) is 14. The molecule has 0 spiro atoms. The maximum Gasteiger partial charge on any atom is 0.327 e. The molecule has 0 aromatic carbocycles. The van der Waals surface area contributed by atoms with Crippen molar-refractivity contribution in [1.82, 2.24) is 5.32 Å². The third-order valence-electron chi connectivity index (χ3n) is 6.13. The van der Waals surface area contributed by atoms with Gasteiger partial charge in [0, 0.05) is 4.75 Å². The van der Waals surface area contributed by atoms with Gasteiger partial charge < -0.3 is 54.7 Å². The largest absolute Gasteiger partial charge is 0.432 e. The first-order chi connectivity index (χ1) is 15.7. The minimum atomic E-state index is -1.79. The summed E-state index contributed by atoms with van der Waals surface area (Å²) < 4.78 is 21.0. The SMILES string of the molecule is CC1(C)NC(C(=O)OC2OC(CO)C(OC3OC(CO)C(O)C(O)C3O)C(O)C2O)C(C)(C)S1. The second-order valence-corrected chi connectivity index (χ2v) is 12.0. The number of ether oxygens (including phenoxy) is 4. The minimum absolute atomic E-state index is 0.406. The van der Waals surface area contributed by atoms with Crippen molar-refractivity contribution in [3.8, 4) is 0 Å². The Bertz CT molecular complexity index is 722. The van der Waals surface area contributed by atoms with E-state index in [1.54, 1.807) is 0 Å². The quantitative estimate of drug-likeness (QED) is 0.161. The minimum Gasteiger partial charge on any atom is -0.432 e. The third-order valence-corrected chi connectivity index (χ3v) is 7.52. The first-order valence-corrected chi connectivity index (χ1v) is 11.8. The van der Waals surface area contributed by atoms with Gasteiger partial charge in [-0.3, -0.25) is 10.1 Å². The van der Waals surface area contributed by atoms with Gasteiger partial charge in [-0.15, -0.1) is 11.8 Å². The lowest BCUT2D eigenvalue weighted by atomic mass is 9.97. The number of carbonyl (C=O) groups excluding carboxylic acids is 1. The van der Waals surface area contributed by atoms with E-state index in [4.69, 9.17) is 18.9 Å². The van der Waals surface area contributed by atoms with E-state index in [2.05, 4.69) is 5.32 Å². The highest BCUT2D eigenvalue weighted by Gasteiger charge is 2.54. The van der Waals surface area contributed by atoms with Crippen molar-refractivity contribution in [1.29, 1.82) is 0 Å². The molecule has 0 bridgehead atoms. The summed E-state index contributed by atoms with van der Waals surface area (Å²) in [5.41, 5.74) is 0. The van der Waals surface area contributed by atoms with Crippen LogP contribution in [0.15, 0.2) is 0 Å². The fourth-order valence-corrected chi connectivity index (χ4v) is 6.21. The molecule has 8 N–H and O–H groups in total. The van der Waals surface area contributed by atoms with Crippen molar-refractivity contribution in [2.24, 2.45) is 0 Å². The number of thioether (sulfide) groups is 1. The standard InChI is InChI=1S/C20H35NO12S/c1-19(2)15(21-20(3,4)34-19)16(29)33-18-13(28)11(26)14(8(6-23)31-18)32-17-12(27)10(25)9(24)7(5-22)30-17/h7-15,17-18,21-28H,5-6H2,1-4H3. The number of aliphatic hydroxyl groups excluding tert-OH is 7. The molecule has 0 aliphatic carbocycles. The van der Waals surface area contributed by atoms with Gasteiger partial charge in [0.1, 0.15) is 54.9 Å². The molecule has 3 aliphatic heterocycles. The Hall–Kier alpha value is -0.620. The van der Waals surface area contributed by atoms with Crippen molar-refractivity contribution < 1.29 is 59.5 Å². The fourth-order valence-electron chi connectivity index (χ4n) is 4.45. The Labute approximate surface area is 201 Å². The average Bonchev–Trinajstić information content (AvgIpc) is 3.00. The van der Waals surface area contributed by atoms with Crippen LogP contribution in [-0.2, 0) is 23.7 Å². The van der Waals surface area contributed by atoms with Crippen LogP contribution in [0.25, 0.3) is 0 Å². The van der Waals surface area contributed by atoms with Gasteiger partial charge in [-0.25, -0.2) is 0 Å². The summed E-state index contributed by atoms with van der Waals surface area (Å²) in [6, 6.07) is -0.740. The van der Waals surface area contributed by atoms with Gasteiger partial charge in [-0.2, -0.15) is 0 Å². The molecule has 3 rings (SSSR count). The van der Waals surface area contributed by atoms with Gasteiger partial charge in [0.15, 0.2) is 6.29 Å². The molecule has 3 heterocycles. The molecule has 3 fully saturated rings. The lowest BCUT2D eigenvalue weighted by Gasteiger charge is -2.45. The molecule has 198 valence electrons. The molecule has 0 aromatic heterocycles. The lowest BCUT2D eigenvalue weighted by molar-refractivity contribution is -0.356. The third kappa shape index (κ3) is 5.53. The highest BCUT2D eigenvalue weighted by Crippen LogP contribution is 2.44. The van der Waals surface area contributed by atoms with E-state index in [9.17, 15) is 40.5 Å². The van der Waals surface area contributed by atoms with E-state index in [0.29, 0.717) is 0 Å². The predicted molar refractivity (Wildman–Crippen MR) is 115 cm³/mol. The summed E-state index contributed by atoms with van der Waals surface area (Å²) >= 11 is 1.53. The van der Waals surface area contributed by atoms with Crippen LogP contribution in [0.3, 0.4) is 0 Å². The van der Waals surface area contributed by atoms with E-state index in [-0.39, 0.29) is 0 Å². The van der Waals surface area contributed by atoms with Crippen LogP contribution >= 0.6 is 11.8 Å². The smallest absolute Gasteiger partial charge is 0.327 e. The van der Waals surface area contributed by atoms with Crippen molar-refractivity contribution in [2.45, 2.75) is 105 Å². The van der Waals surface area contributed by atoms with Crippen LogP contribution in [0, 0.1) is 0 Å². The van der Waals surface area contributed by atoms with Crippen LogP contribution in [0.1, 0.15) is 27.7 Å². The van der Waals surface area contributed by atoms with Gasteiger partial charge in [-0.05, 0) is 27.7 Å². The zero-order valence-electron chi connectivity index (χ0n) is 19.3. The summed E-state index contributed by atoms with van der Waals surface area (Å²) in [5, 5.41) is 73.5. The number of aliphatic hydroxyl groups is 7. The molecule has 11 unspecified atom stereocenters. The maximum atomic E-state index is 12.8. The lowest BCUT2D eigenvalue weighted by Crippen LogP contribution is -2.65. The summed E-state index contributed by atoms with van der Waals surface area (Å²) in [6.45, 7) is 6.12. The molecule has 0 radical (unpaired) electrons. The van der Waals surface area contributed by atoms with Crippen LogP contribution in [0.2, 0.25) is 0 Å². The number of esters is 1. The Morgan fingerprint density at radius 2 is 1.41 bits per heavy atom. The van der Waals surface area contributed by atoms with Crippen molar-refractivity contribution in [2.75, 3.05) is 13.2 Å². The molecule has 11 atom stereocenters. The first-order valence-electron chi connectivity index (χ1n) is 11.0. The number of hydrogen-bond donors (Lipinski definition) is 8. The second-order valence-electron chi connectivity index (χ2n) is 9.73.